The molecule has 0 amide bonds. The maximum absolute atomic E-state index is 6.15. The fraction of sp³-hybridized carbons (Fsp3) is 0.304. The van der Waals surface area contributed by atoms with Crippen LogP contribution < -0.4 is 4.90 Å². The highest BCUT2D eigenvalue weighted by molar-refractivity contribution is 6.30. The highest BCUT2D eigenvalue weighted by Gasteiger charge is 2.37. The van der Waals surface area contributed by atoms with E-state index in [9.17, 15) is 0 Å². The second kappa shape index (κ2) is 7.50. The van der Waals surface area contributed by atoms with Gasteiger partial charge >= 0.3 is 0 Å². The average Bonchev–Trinajstić information content (AvgIpc) is 3.20. The summed E-state index contributed by atoms with van der Waals surface area (Å²) >= 11 is 6.15. The van der Waals surface area contributed by atoms with Crippen molar-refractivity contribution in [2.75, 3.05) is 11.4 Å². The number of pyridine rings is 1. The Hall–Kier alpha value is -3.19. The lowest BCUT2D eigenvalue weighted by Crippen LogP contribution is -2.26. The fourth-order valence-corrected chi connectivity index (χ4v) is 4.57. The third-order valence-electron chi connectivity index (χ3n) is 6.02. The van der Waals surface area contributed by atoms with E-state index in [1.54, 1.807) is 12.4 Å². The van der Waals surface area contributed by atoms with Gasteiger partial charge in [0.15, 0.2) is 11.6 Å². The van der Waals surface area contributed by atoms with Gasteiger partial charge in [-0.05, 0) is 49.9 Å². The van der Waals surface area contributed by atoms with Gasteiger partial charge in [-0.1, -0.05) is 28.9 Å². The predicted molar refractivity (Wildman–Crippen MR) is 118 cm³/mol. The Morgan fingerprint density at radius 1 is 0.968 bits per heavy atom. The van der Waals surface area contributed by atoms with Crippen LogP contribution >= 0.6 is 11.6 Å². The Balaban J connectivity index is 1.35. The van der Waals surface area contributed by atoms with Gasteiger partial charge in [-0.15, -0.1) is 10.2 Å². The summed E-state index contributed by atoms with van der Waals surface area (Å²) in [6.07, 6.45) is 7.99. The Kier molecular flexibility index (Phi) is 4.49. The molecule has 0 N–H and O–H groups in total. The predicted octanol–water partition coefficient (Wildman–Crippen LogP) is 5.32. The molecule has 0 spiro atoms. The Morgan fingerprint density at radius 2 is 1.84 bits per heavy atom. The Morgan fingerprint density at radius 3 is 2.65 bits per heavy atom. The van der Waals surface area contributed by atoms with Crippen LogP contribution in [0.15, 0.2) is 59.4 Å². The van der Waals surface area contributed by atoms with Gasteiger partial charge in [0.05, 0.1) is 6.04 Å². The van der Waals surface area contributed by atoms with E-state index < -0.39 is 0 Å². The summed E-state index contributed by atoms with van der Waals surface area (Å²) in [5, 5.41) is 14.3. The van der Waals surface area contributed by atoms with Crippen LogP contribution in [0.25, 0.3) is 22.7 Å². The molecule has 1 aromatic carbocycles. The summed E-state index contributed by atoms with van der Waals surface area (Å²) in [6, 6.07) is 14.2. The minimum atomic E-state index is 0.115. The van der Waals surface area contributed by atoms with E-state index in [1.165, 1.54) is 0 Å². The lowest BCUT2D eigenvalue weighted by atomic mass is 10.1. The van der Waals surface area contributed by atoms with Crippen LogP contribution in [0, 0.1) is 0 Å². The number of aromatic nitrogens is 5. The van der Waals surface area contributed by atoms with Gasteiger partial charge in [0.25, 0.3) is 0 Å². The molecule has 0 radical (unpaired) electrons. The van der Waals surface area contributed by atoms with Crippen molar-refractivity contribution in [3.05, 3.63) is 65.6 Å². The van der Waals surface area contributed by atoms with Crippen molar-refractivity contribution in [1.82, 2.24) is 24.9 Å². The van der Waals surface area contributed by atoms with Gasteiger partial charge in [-0.2, -0.15) is 0 Å². The first-order valence-corrected chi connectivity index (χ1v) is 11.0. The highest BCUT2D eigenvalue weighted by atomic mass is 35.5. The molecule has 2 fully saturated rings. The first-order valence-electron chi connectivity index (χ1n) is 10.6. The van der Waals surface area contributed by atoms with Crippen molar-refractivity contribution in [3.63, 3.8) is 0 Å². The van der Waals surface area contributed by atoms with Gasteiger partial charge < -0.3 is 9.42 Å². The zero-order valence-corrected chi connectivity index (χ0v) is 17.6. The highest BCUT2D eigenvalue weighted by Crippen LogP contribution is 2.44. The summed E-state index contributed by atoms with van der Waals surface area (Å²) < 4.78 is 7.98. The summed E-state index contributed by atoms with van der Waals surface area (Å²) in [4.78, 5) is 6.46. The number of halogens is 1. The lowest BCUT2D eigenvalue weighted by molar-refractivity contribution is 0.415. The van der Waals surface area contributed by atoms with Crippen molar-refractivity contribution in [1.29, 1.82) is 0 Å². The van der Waals surface area contributed by atoms with Gasteiger partial charge in [-0.25, -0.2) is 0 Å². The number of hydrogen-bond acceptors (Lipinski definition) is 6. The van der Waals surface area contributed by atoms with Gasteiger partial charge in [0, 0.05) is 47.2 Å². The second-order valence-electron chi connectivity index (χ2n) is 8.14. The molecule has 1 saturated heterocycles. The number of nitrogens with zero attached hydrogens (tertiary/aromatic N) is 6. The van der Waals surface area contributed by atoms with Crippen LogP contribution in [-0.2, 0) is 0 Å². The molecule has 4 aromatic rings. The molecule has 1 aliphatic carbocycles. The number of hydrogen-bond donors (Lipinski definition) is 0. The minimum Gasteiger partial charge on any atom is -0.356 e. The smallest absolute Gasteiger partial charge is 0.228 e. The topological polar surface area (TPSA) is 72.9 Å². The first-order chi connectivity index (χ1) is 15.3. The maximum atomic E-state index is 6.15. The molecule has 1 aliphatic heterocycles. The summed E-state index contributed by atoms with van der Waals surface area (Å²) in [7, 11) is 0. The molecule has 8 heteroatoms. The summed E-state index contributed by atoms with van der Waals surface area (Å²) in [6.45, 7) is 0.922. The van der Waals surface area contributed by atoms with Crippen molar-refractivity contribution in [3.8, 4) is 22.7 Å². The molecular weight excluding hydrogens is 412 g/mol. The van der Waals surface area contributed by atoms with Crippen LogP contribution in [-0.4, -0.2) is 31.4 Å². The van der Waals surface area contributed by atoms with Crippen LogP contribution in [0.4, 0.5) is 5.95 Å². The Bertz CT molecular complexity index is 1220. The average molecular weight is 433 g/mol. The van der Waals surface area contributed by atoms with E-state index in [0.717, 1.165) is 66.6 Å². The van der Waals surface area contributed by atoms with Crippen molar-refractivity contribution >= 4 is 17.5 Å². The van der Waals surface area contributed by atoms with Gasteiger partial charge in [0.1, 0.15) is 5.69 Å². The lowest BCUT2D eigenvalue weighted by Gasteiger charge is -2.24. The molecule has 3 aromatic heterocycles. The number of rotatable bonds is 5. The van der Waals surface area contributed by atoms with Crippen molar-refractivity contribution in [2.24, 2.45) is 0 Å². The molecule has 1 unspecified atom stereocenters. The SMILES string of the molecule is Clc1cccc(-c2cc(C3CCCN3c3nnc(-c4ccncc4)n3C3CC3)no2)c1. The monoisotopic (exact) mass is 432 g/mol. The largest absolute Gasteiger partial charge is 0.356 e. The third-order valence-corrected chi connectivity index (χ3v) is 6.25. The quantitative estimate of drug-likeness (QED) is 0.424. The van der Waals surface area contributed by atoms with Crippen molar-refractivity contribution < 1.29 is 4.52 Å². The summed E-state index contributed by atoms with van der Waals surface area (Å²) in [5.41, 5.74) is 2.89. The van der Waals surface area contributed by atoms with Crippen LogP contribution in [0.3, 0.4) is 0 Å². The molecule has 1 atom stereocenters. The molecule has 6 rings (SSSR count). The second-order valence-corrected chi connectivity index (χ2v) is 8.57. The zero-order valence-electron chi connectivity index (χ0n) is 16.9. The normalized spacial score (nSPS) is 18.6. The van der Waals surface area contributed by atoms with E-state index in [0.29, 0.717) is 11.1 Å². The van der Waals surface area contributed by atoms with Gasteiger partial charge in [-0.3, -0.25) is 9.55 Å². The molecule has 7 nitrogen and oxygen atoms in total. The minimum absolute atomic E-state index is 0.115. The van der Waals surface area contributed by atoms with Gasteiger partial charge in [0.2, 0.25) is 5.95 Å². The zero-order chi connectivity index (χ0) is 20.8. The van der Waals surface area contributed by atoms with Crippen LogP contribution in [0.1, 0.15) is 43.5 Å². The van der Waals surface area contributed by atoms with E-state index in [2.05, 4.69) is 29.8 Å². The van der Waals surface area contributed by atoms with E-state index in [4.69, 9.17) is 16.1 Å². The third kappa shape index (κ3) is 3.39. The molecule has 4 heterocycles. The van der Waals surface area contributed by atoms with E-state index in [1.807, 2.05) is 42.5 Å². The molecule has 2 aliphatic rings. The van der Waals surface area contributed by atoms with Crippen LogP contribution in [0.5, 0.6) is 0 Å². The van der Waals surface area contributed by atoms with Crippen molar-refractivity contribution in [2.45, 2.75) is 37.8 Å². The molecule has 0 bridgehead atoms. The molecule has 156 valence electrons. The summed E-state index contributed by atoms with van der Waals surface area (Å²) in [5.74, 6) is 2.56. The maximum Gasteiger partial charge on any atom is 0.228 e. The first kappa shape index (κ1) is 18.6. The molecule has 31 heavy (non-hydrogen) atoms. The molecular formula is C23H21ClN6O. The van der Waals surface area contributed by atoms with E-state index >= 15 is 0 Å². The molecule has 1 saturated carbocycles. The van der Waals surface area contributed by atoms with Crippen LogP contribution in [0.2, 0.25) is 5.02 Å². The number of benzene rings is 1. The fourth-order valence-electron chi connectivity index (χ4n) is 4.38. The standard InChI is InChI=1S/C23H21ClN6O/c24-17-4-1-3-16(13-17)21-14-19(28-31-21)20-5-2-12-29(20)23-27-26-22(30(23)18-6-7-18)15-8-10-25-11-9-15/h1,3-4,8-11,13-14,18,20H,2,5-7,12H2. The number of anilines is 1. The van der Waals surface area contributed by atoms with E-state index in [-0.39, 0.29) is 6.04 Å². The Labute approximate surface area is 184 Å².